The molecule has 2 aromatic rings. The lowest BCUT2D eigenvalue weighted by Crippen LogP contribution is -2.38. The maximum atomic E-state index is 13.4. The number of carbonyl (C=O) groups is 2. The average Bonchev–Trinajstić information content (AvgIpc) is 3.02. The first-order valence-corrected chi connectivity index (χ1v) is 6.73. The van der Waals surface area contributed by atoms with Crippen molar-refractivity contribution in [3.63, 3.8) is 0 Å². The van der Waals surface area contributed by atoms with Crippen LogP contribution in [0.15, 0.2) is 16.5 Å². The van der Waals surface area contributed by atoms with Crippen molar-refractivity contribution >= 4 is 11.9 Å². The molecule has 0 unspecified atom stereocenters. The number of furan rings is 1. The standard InChI is InChI=1S/C14H14F3N3O4/c1-6-10(7(2)20(3)19-6)11(14(15,16)17)18-12(21)8-4-5-9(24-8)13(22)23/h4-5,11H,1-3H3,(H,18,21)(H,22,23)/t11-/m1/s1. The number of carbonyl (C=O) groups excluding carboxylic acids is 1. The number of aromatic carboxylic acids is 1. The van der Waals surface area contributed by atoms with Crippen molar-refractivity contribution in [3.05, 3.63) is 40.6 Å². The fourth-order valence-corrected chi connectivity index (χ4v) is 2.30. The minimum Gasteiger partial charge on any atom is -0.475 e. The molecular formula is C14H14F3N3O4. The monoisotopic (exact) mass is 345 g/mol. The normalized spacial score (nSPS) is 12.9. The number of hydrogen-bond donors (Lipinski definition) is 2. The molecule has 7 nitrogen and oxygen atoms in total. The summed E-state index contributed by atoms with van der Waals surface area (Å²) < 4.78 is 46.2. The van der Waals surface area contributed by atoms with E-state index in [1.807, 2.05) is 5.32 Å². The summed E-state index contributed by atoms with van der Waals surface area (Å²) in [5.41, 5.74) is 0.215. The van der Waals surface area contributed by atoms with Crippen molar-refractivity contribution in [1.82, 2.24) is 15.1 Å². The number of hydrogen-bond acceptors (Lipinski definition) is 4. The van der Waals surface area contributed by atoms with Crippen molar-refractivity contribution in [2.75, 3.05) is 0 Å². The van der Waals surface area contributed by atoms with Crippen LogP contribution >= 0.6 is 0 Å². The zero-order chi connectivity index (χ0) is 18.2. The van der Waals surface area contributed by atoms with Crippen LogP contribution < -0.4 is 5.32 Å². The second-order valence-electron chi connectivity index (χ2n) is 5.13. The Morgan fingerprint density at radius 2 is 1.88 bits per heavy atom. The summed E-state index contributed by atoms with van der Waals surface area (Å²) in [4.78, 5) is 22.7. The third-order valence-electron chi connectivity index (χ3n) is 3.50. The van der Waals surface area contributed by atoms with E-state index in [4.69, 9.17) is 9.52 Å². The summed E-state index contributed by atoms with van der Waals surface area (Å²) in [6.07, 6.45) is -4.77. The first-order valence-electron chi connectivity index (χ1n) is 6.73. The highest BCUT2D eigenvalue weighted by atomic mass is 19.4. The van der Waals surface area contributed by atoms with Gasteiger partial charge in [0.2, 0.25) is 5.76 Å². The number of nitrogens with zero attached hydrogens (tertiary/aromatic N) is 2. The molecule has 0 saturated heterocycles. The van der Waals surface area contributed by atoms with Crippen molar-refractivity contribution < 1.29 is 32.3 Å². The summed E-state index contributed by atoms with van der Waals surface area (Å²) in [7, 11) is 1.49. The molecule has 0 radical (unpaired) electrons. The maximum Gasteiger partial charge on any atom is 0.413 e. The second kappa shape index (κ2) is 6.02. The Morgan fingerprint density at radius 3 is 2.29 bits per heavy atom. The molecule has 0 bridgehead atoms. The van der Waals surface area contributed by atoms with Crippen LogP contribution in [0.4, 0.5) is 13.2 Å². The third kappa shape index (κ3) is 3.26. The van der Waals surface area contributed by atoms with Crippen LogP contribution in [0.1, 0.15) is 44.1 Å². The number of carboxylic acid groups (broad SMARTS) is 1. The molecule has 2 N–H and O–H groups in total. The summed E-state index contributed by atoms with van der Waals surface area (Å²) in [6.45, 7) is 2.86. The lowest BCUT2D eigenvalue weighted by atomic mass is 10.0. The molecule has 10 heteroatoms. The van der Waals surface area contributed by atoms with Crippen LogP contribution in [-0.4, -0.2) is 32.9 Å². The van der Waals surface area contributed by atoms with Crippen LogP contribution in [0.3, 0.4) is 0 Å². The van der Waals surface area contributed by atoms with Crippen LogP contribution in [0.5, 0.6) is 0 Å². The average molecular weight is 345 g/mol. The Hall–Kier alpha value is -2.78. The molecule has 0 aliphatic carbocycles. The van der Waals surface area contributed by atoms with Crippen molar-refractivity contribution in [2.45, 2.75) is 26.1 Å². The number of aryl methyl sites for hydroxylation is 2. The van der Waals surface area contributed by atoms with E-state index in [0.717, 1.165) is 12.1 Å². The summed E-state index contributed by atoms with van der Waals surface area (Å²) >= 11 is 0. The zero-order valence-electron chi connectivity index (χ0n) is 12.9. The molecule has 0 saturated carbocycles. The molecule has 2 aromatic heterocycles. The number of rotatable bonds is 4. The number of aromatic nitrogens is 2. The minimum atomic E-state index is -4.77. The van der Waals surface area contributed by atoms with E-state index in [2.05, 4.69) is 5.10 Å². The van der Waals surface area contributed by atoms with Crippen molar-refractivity contribution in [2.24, 2.45) is 7.05 Å². The Kier molecular flexibility index (Phi) is 4.41. The Bertz CT molecular complexity index is 792. The highest BCUT2D eigenvalue weighted by Crippen LogP contribution is 2.36. The SMILES string of the molecule is Cc1nn(C)c(C)c1[C@@H](NC(=O)c1ccc(C(=O)O)o1)C(F)(F)F. The van der Waals surface area contributed by atoms with E-state index < -0.39 is 35.6 Å². The minimum absolute atomic E-state index is 0.128. The first kappa shape index (κ1) is 17.6. The maximum absolute atomic E-state index is 13.4. The molecule has 2 rings (SSSR count). The van der Waals surface area contributed by atoms with Gasteiger partial charge in [0, 0.05) is 18.3 Å². The van der Waals surface area contributed by atoms with Gasteiger partial charge >= 0.3 is 12.1 Å². The number of nitrogens with one attached hydrogen (secondary N) is 1. The van der Waals surface area contributed by atoms with Crippen molar-refractivity contribution in [1.29, 1.82) is 0 Å². The van der Waals surface area contributed by atoms with E-state index in [-0.39, 0.29) is 17.0 Å². The van der Waals surface area contributed by atoms with E-state index in [0.29, 0.717) is 0 Å². The van der Waals surface area contributed by atoms with Gasteiger partial charge in [-0.3, -0.25) is 9.48 Å². The van der Waals surface area contributed by atoms with Gasteiger partial charge in [0.1, 0.15) is 0 Å². The summed E-state index contributed by atoms with van der Waals surface area (Å²) in [6, 6.07) is -0.313. The Morgan fingerprint density at radius 1 is 1.29 bits per heavy atom. The highest BCUT2D eigenvalue weighted by molar-refractivity contribution is 5.93. The van der Waals surface area contributed by atoms with Crippen LogP contribution in [-0.2, 0) is 7.05 Å². The van der Waals surface area contributed by atoms with Gasteiger partial charge in [-0.1, -0.05) is 0 Å². The molecule has 0 fully saturated rings. The lowest BCUT2D eigenvalue weighted by Gasteiger charge is -2.22. The second-order valence-corrected chi connectivity index (χ2v) is 5.13. The van der Waals surface area contributed by atoms with Crippen molar-refractivity contribution in [3.8, 4) is 0 Å². The predicted molar refractivity (Wildman–Crippen MR) is 74.6 cm³/mol. The van der Waals surface area contributed by atoms with Crippen LogP contribution in [0, 0.1) is 13.8 Å². The third-order valence-corrected chi connectivity index (χ3v) is 3.50. The Labute approximate surface area is 134 Å². The molecule has 0 aromatic carbocycles. The van der Waals surface area contributed by atoms with Crippen LogP contribution in [0.2, 0.25) is 0 Å². The van der Waals surface area contributed by atoms with Gasteiger partial charge in [-0.15, -0.1) is 0 Å². The van der Waals surface area contributed by atoms with Crippen LogP contribution in [0.25, 0.3) is 0 Å². The number of halogens is 3. The van der Waals surface area contributed by atoms with Gasteiger partial charge in [-0.05, 0) is 26.0 Å². The van der Waals surface area contributed by atoms with Gasteiger partial charge in [0.25, 0.3) is 5.91 Å². The largest absolute Gasteiger partial charge is 0.475 e. The van der Waals surface area contributed by atoms with Gasteiger partial charge in [0.15, 0.2) is 11.8 Å². The smallest absolute Gasteiger partial charge is 0.413 e. The quantitative estimate of drug-likeness (QED) is 0.887. The van der Waals surface area contributed by atoms with Gasteiger partial charge in [0.05, 0.1) is 5.69 Å². The number of carboxylic acids is 1. The molecule has 24 heavy (non-hydrogen) atoms. The van der Waals surface area contributed by atoms with E-state index in [1.54, 1.807) is 0 Å². The topological polar surface area (TPSA) is 97.4 Å². The summed E-state index contributed by atoms with van der Waals surface area (Å²) in [5.74, 6) is -3.67. The molecule has 1 amide bonds. The van der Waals surface area contributed by atoms with E-state index >= 15 is 0 Å². The van der Waals surface area contributed by atoms with Gasteiger partial charge in [-0.25, -0.2) is 4.79 Å². The molecule has 0 aliphatic heterocycles. The summed E-state index contributed by atoms with van der Waals surface area (Å²) in [5, 5.41) is 14.5. The molecule has 2 heterocycles. The fraction of sp³-hybridized carbons (Fsp3) is 0.357. The van der Waals surface area contributed by atoms with E-state index in [1.165, 1.54) is 25.6 Å². The number of alkyl halides is 3. The fourth-order valence-electron chi connectivity index (χ4n) is 2.30. The van der Waals surface area contributed by atoms with E-state index in [9.17, 15) is 22.8 Å². The lowest BCUT2D eigenvalue weighted by molar-refractivity contribution is -0.155. The first-order chi connectivity index (χ1) is 11.0. The highest BCUT2D eigenvalue weighted by Gasteiger charge is 2.45. The molecular weight excluding hydrogens is 331 g/mol. The predicted octanol–water partition coefficient (Wildman–Crippen LogP) is 2.36. The molecule has 0 spiro atoms. The van der Waals surface area contributed by atoms with Gasteiger partial charge < -0.3 is 14.8 Å². The molecule has 130 valence electrons. The molecule has 1 atom stereocenters. The number of amides is 1. The zero-order valence-corrected chi connectivity index (χ0v) is 12.9. The molecule has 0 aliphatic rings. The van der Waals surface area contributed by atoms with Gasteiger partial charge in [-0.2, -0.15) is 18.3 Å². The Balaban J connectivity index is 2.36.